The second-order valence-corrected chi connectivity index (χ2v) is 5.84. The van der Waals surface area contributed by atoms with Gasteiger partial charge in [0.2, 0.25) is 0 Å². The summed E-state index contributed by atoms with van der Waals surface area (Å²) in [6, 6.07) is 0. The van der Waals surface area contributed by atoms with Crippen molar-refractivity contribution in [2.24, 2.45) is 7.05 Å². The third kappa shape index (κ3) is 3.13. The first-order chi connectivity index (χ1) is 9.34. The minimum Gasteiger partial charge on any atom is -0.480 e. The molecule has 6 nitrogen and oxygen atoms in total. The van der Waals surface area contributed by atoms with E-state index in [4.69, 9.17) is 21.4 Å². The van der Waals surface area contributed by atoms with Crippen LogP contribution in [0.1, 0.15) is 25.2 Å². The molecule has 20 heavy (non-hydrogen) atoms. The molecule has 1 aromatic heterocycles. The lowest BCUT2D eigenvalue weighted by molar-refractivity contribution is -0.166. The summed E-state index contributed by atoms with van der Waals surface area (Å²) in [5.41, 5.74) is 1.52. The Labute approximate surface area is 123 Å². The Balaban J connectivity index is 1.91. The number of carboxylic acids is 1. The van der Waals surface area contributed by atoms with Crippen LogP contribution >= 0.6 is 11.6 Å². The van der Waals surface area contributed by atoms with Crippen LogP contribution in [-0.4, -0.2) is 51.1 Å². The number of aryl methyl sites for hydroxylation is 2. The lowest BCUT2D eigenvalue weighted by Gasteiger charge is -2.47. The summed E-state index contributed by atoms with van der Waals surface area (Å²) in [6.07, 6.45) is 0.812. The van der Waals surface area contributed by atoms with Crippen LogP contribution < -0.4 is 0 Å². The maximum atomic E-state index is 10.5. The molecule has 0 aliphatic carbocycles. The molecule has 1 fully saturated rings. The fourth-order valence-electron chi connectivity index (χ4n) is 2.54. The molecular weight excluding hydrogens is 282 g/mol. The van der Waals surface area contributed by atoms with Gasteiger partial charge in [-0.15, -0.1) is 0 Å². The zero-order valence-electron chi connectivity index (χ0n) is 12.0. The topological polar surface area (TPSA) is 67.6 Å². The molecular formula is C13H20ClN3O3. The molecule has 0 saturated carbocycles. The summed E-state index contributed by atoms with van der Waals surface area (Å²) >= 11 is 6.31. The SMILES string of the molecule is CCc1nn(C)c(CN2CC(C)(OCC(=O)O)C2)c1Cl. The van der Waals surface area contributed by atoms with Crippen molar-refractivity contribution in [1.82, 2.24) is 14.7 Å². The van der Waals surface area contributed by atoms with Gasteiger partial charge in [-0.1, -0.05) is 18.5 Å². The van der Waals surface area contributed by atoms with Crippen molar-refractivity contribution in [1.29, 1.82) is 0 Å². The molecule has 112 valence electrons. The van der Waals surface area contributed by atoms with E-state index in [1.54, 1.807) is 0 Å². The minimum absolute atomic E-state index is 0.253. The van der Waals surface area contributed by atoms with Crippen molar-refractivity contribution >= 4 is 17.6 Å². The predicted molar refractivity (Wildman–Crippen MR) is 74.9 cm³/mol. The third-order valence-electron chi connectivity index (χ3n) is 3.54. The number of nitrogens with zero attached hydrogens (tertiary/aromatic N) is 3. The highest BCUT2D eigenvalue weighted by atomic mass is 35.5. The summed E-state index contributed by atoms with van der Waals surface area (Å²) in [4.78, 5) is 12.7. The summed E-state index contributed by atoms with van der Waals surface area (Å²) in [5.74, 6) is -0.938. The lowest BCUT2D eigenvalue weighted by Crippen LogP contribution is -2.61. The van der Waals surface area contributed by atoms with E-state index in [1.807, 2.05) is 25.6 Å². The summed E-state index contributed by atoms with van der Waals surface area (Å²) in [6.45, 7) is 5.80. The van der Waals surface area contributed by atoms with Gasteiger partial charge < -0.3 is 9.84 Å². The zero-order valence-corrected chi connectivity index (χ0v) is 12.8. The second kappa shape index (κ2) is 5.71. The monoisotopic (exact) mass is 301 g/mol. The first-order valence-electron chi connectivity index (χ1n) is 6.63. The van der Waals surface area contributed by atoms with Crippen LogP contribution in [0.3, 0.4) is 0 Å². The van der Waals surface area contributed by atoms with Crippen molar-refractivity contribution in [3.8, 4) is 0 Å². The quantitative estimate of drug-likeness (QED) is 0.858. The number of hydrogen-bond donors (Lipinski definition) is 1. The Morgan fingerprint density at radius 2 is 2.20 bits per heavy atom. The molecule has 0 amide bonds. The first-order valence-corrected chi connectivity index (χ1v) is 7.01. The Morgan fingerprint density at radius 3 is 2.70 bits per heavy atom. The fraction of sp³-hybridized carbons (Fsp3) is 0.692. The average Bonchev–Trinajstić information content (AvgIpc) is 2.61. The van der Waals surface area contributed by atoms with Crippen LogP contribution in [0, 0.1) is 0 Å². The van der Waals surface area contributed by atoms with Crippen LogP contribution in [0.5, 0.6) is 0 Å². The van der Waals surface area contributed by atoms with Gasteiger partial charge in [0.15, 0.2) is 0 Å². The largest absolute Gasteiger partial charge is 0.480 e. The predicted octanol–water partition coefficient (Wildman–Crippen LogP) is 1.31. The van der Waals surface area contributed by atoms with E-state index < -0.39 is 5.97 Å². The number of halogens is 1. The zero-order chi connectivity index (χ0) is 14.9. The van der Waals surface area contributed by atoms with Gasteiger partial charge in [0, 0.05) is 26.7 Å². The third-order valence-corrected chi connectivity index (χ3v) is 3.97. The molecule has 0 atom stereocenters. The van der Waals surface area contributed by atoms with Crippen LogP contribution in [0.25, 0.3) is 0 Å². The summed E-state index contributed by atoms with van der Waals surface area (Å²) in [7, 11) is 1.89. The van der Waals surface area contributed by atoms with Gasteiger partial charge in [-0.2, -0.15) is 5.10 Å². The highest BCUT2D eigenvalue weighted by molar-refractivity contribution is 6.31. The fourth-order valence-corrected chi connectivity index (χ4v) is 2.90. The molecule has 1 N–H and O–H groups in total. The number of ether oxygens (including phenoxy) is 1. The van der Waals surface area contributed by atoms with Crippen molar-refractivity contribution in [3.63, 3.8) is 0 Å². The molecule has 0 bridgehead atoms. The van der Waals surface area contributed by atoms with Gasteiger partial charge in [-0.3, -0.25) is 9.58 Å². The molecule has 0 radical (unpaired) electrons. The van der Waals surface area contributed by atoms with E-state index in [2.05, 4.69) is 10.00 Å². The number of hydrogen-bond acceptors (Lipinski definition) is 4. The molecule has 0 spiro atoms. The molecule has 0 unspecified atom stereocenters. The molecule has 0 aromatic carbocycles. The van der Waals surface area contributed by atoms with Crippen molar-refractivity contribution < 1.29 is 14.6 Å². The van der Waals surface area contributed by atoms with Crippen molar-refractivity contribution in [3.05, 3.63) is 16.4 Å². The van der Waals surface area contributed by atoms with Crippen LogP contribution in [0.15, 0.2) is 0 Å². The first kappa shape index (κ1) is 15.3. The van der Waals surface area contributed by atoms with Crippen molar-refractivity contribution in [2.75, 3.05) is 19.7 Å². The van der Waals surface area contributed by atoms with Gasteiger partial charge in [0.1, 0.15) is 6.61 Å². The van der Waals surface area contributed by atoms with Crippen LogP contribution in [0.2, 0.25) is 5.02 Å². The Hall–Kier alpha value is -1.11. The second-order valence-electron chi connectivity index (χ2n) is 5.46. The van der Waals surface area contributed by atoms with Gasteiger partial charge in [-0.05, 0) is 13.3 Å². The number of likely N-dealkylation sites (tertiary alicyclic amines) is 1. The number of carbonyl (C=O) groups is 1. The molecule has 1 aliphatic rings. The van der Waals surface area contributed by atoms with E-state index in [9.17, 15) is 4.79 Å². The Morgan fingerprint density at radius 1 is 1.55 bits per heavy atom. The smallest absolute Gasteiger partial charge is 0.329 e. The molecule has 2 heterocycles. The average molecular weight is 302 g/mol. The number of aliphatic carboxylic acids is 1. The van der Waals surface area contributed by atoms with E-state index in [0.29, 0.717) is 19.6 Å². The maximum absolute atomic E-state index is 10.5. The summed E-state index contributed by atoms with van der Waals surface area (Å²) in [5, 5.41) is 13.7. The van der Waals surface area contributed by atoms with E-state index in [0.717, 1.165) is 22.8 Å². The normalized spacial score (nSPS) is 18.0. The lowest BCUT2D eigenvalue weighted by atomic mass is 9.96. The van der Waals surface area contributed by atoms with E-state index in [1.165, 1.54) is 0 Å². The maximum Gasteiger partial charge on any atom is 0.329 e. The van der Waals surface area contributed by atoms with Gasteiger partial charge in [-0.25, -0.2) is 4.79 Å². The van der Waals surface area contributed by atoms with Gasteiger partial charge in [0.25, 0.3) is 0 Å². The summed E-state index contributed by atoms with van der Waals surface area (Å²) < 4.78 is 7.20. The number of aromatic nitrogens is 2. The van der Waals surface area contributed by atoms with E-state index >= 15 is 0 Å². The Kier molecular flexibility index (Phi) is 4.36. The highest BCUT2D eigenvalue weighted by Gasteiger charge is 2.40. The minimum atomic E-state index is -0.938. The number of rotatable bonds is 6. The van der Waals surface area contributed by atoms with Crippen LogP contribution in [0.4, 0.5) is 0 Å². The number of carboxylic acid groups (broad SMARTS) is 1. The van der Waals surface area contributed by atoms with Gasteiger partial charge in [0.05, 0.1) is 22.0 Å². The standard InChI is InChI=1S/C13H20ClN3O3/c1-4-9-12(14)10(16(3)15-9)5-17-7-13(2,8-17)20-6-11(18)19/h4-8H2,1-3H3,(H,18,19). The van der Waals surface area contributed by atoms with Gasteiger partial charge >= 0.3 is 5.97 Å². The Bertz CT molecular complexity index is 509. The molecule has 7 heteroatoms. The molecule has 1 aromatic rings. The molecule has 2 rings (SSSR count). The van der Waals surface area contributed by atoms with Crippen LogP contribution in [-0.2, 0) is 29.5 Å². The molecule has 1 saturated heterocycles. The molecule has 1 aliphatic heterocycles. The highest BCUT2D eigenvalue weighted by Crippen LogP contribution is 2.29. The van der Waals surface area contributed by atoms with Crippen molar-refractivity contribution in [2.45, 2.75) is 32.4 Å². The van der Waals surface area contributed by atoms with E-state index in [-0.39, 0.29) is 12.2 Å².